The van der Waals surface area contributed by atoms with Gasteiger partial charge in [0, 0.05) is 17.7 Å². The average molecular weight is 399 g/mol. The predicted octanol–water partition coefficient (Wildman–Crippen LogP) is 3.75. The molecule has 0 radical (unpaired) electrons. The van der Waals surface area contributed by atoms with Crippen molar-refractivity contribution < 1.29 is 14.0 Å². The van der Waals surface area contributed by atoms with Gasteiger partial charge in [0.15, 0.2) is 11.5 Å². The van der Waals surface area contributed by atoms with Gasteiger partial charge in [-0.15, -0.1) is 0 Å². The molecule has 0 unspecified atom stereocenters. The van der Waals surface area contributed by atoms with Crippen LogP contribution in [0.4, 0.5) is 5.69 Å². The van der Waals surface area contributed by atoms with E-state index < -0.39 is 0 Å². The van der Waals surface area contributed by atoms with Gasteiger partial charge in [0.25, 0.3) is 0 Å². The van der Waals surface area contributed by atoms with E-state index >= 15 is 0 Å². The summed E-state index contributed by atoms with van der Waals surface area (Å²) in [7, 11) is 0. The molecule has 2 aromatic rings. The first-order chi connectivity index (χ1) is 9.50. The Morgan fingerprint density at radius 2 is 2.00 bits per heavy atom. The van der Waals surface area contributed by atoms with Crippen molar-refractivity contribution in [2.75, 3.05) is 5.73 Å². The van der Waals surface area contributed by atoms with Crippen molar-refractivity contribution in [1.29, 1.82) is 0 Å². The normalized spacial score (nSPS) is 13.6. The number of furan rings is 1. The van der Waals surface area contributed by atoms with Gasteiger partial charge >= 0.3 is 0 Å². The van der Waals surface area contributed by atoms with Gasteiger partial charge in [0.2, 0.25) is 5.78 Å². The predicted molar refractivity (Wildman–Crippen MR) is 81.0 cm³/mol. The van der Waals surface area contributed by atoms with Crippen LogP contribution in [0.2, 0.25) is 0 Å². The minimum atomic E-state index is -0.313. The number of carbonyl (C=O) groups excluding carboxylic acids is 2. The Morgan fingerprint density at radius 3 is 2.65 bits per heavy atom. The van der Waals surface area contributed by atoms with Crippen LogP contribution in [0, 0.1) is 0 Å². The summed E-state index contributed by atoms with van der Waals surface area (Å²) in [6, 6.07) is 3.28. The summed E-state index contributed by atoms with van der Waals surface area (Å²) in [6.45, 7) is 0. The number of rotatable bonds is 2. The minimum Gasteiger partial charge on any atom is -0.458 e. The van der Waals surface area contributed by atoms with E-state index in [1.807, 2.05) is 0 Å². The largest absolute Gasteiger partial charge is 0.458 e. The third kappa shape index (κ3) is 1.94. The van der Waals surface area contributed by atoms with E-state index in [4.69, 9.17) is 10.2 Å². The zero-order valence-corrected chi connectivity index (χ0v) is 13.4. The van der Waals surface area contributed by atoms with Gasteiger partial charge in [-0.05, 0) is 56.0 Å². The van der Waals surface area contributed by atoms with Crippen LogP contribution < -0.4 is 5.73 Å². The summed E-state index contributed by atoms with van der Waals surface area (Å²) >= 11 is 6.57. The molecule has 0 amide bonds. The van der Waals surface area contributed by atoms with Crippen molar-refractivity contribution in [1.82, 2.24) is 0 Å². The maximum absolute atomic E-state index is 12.6. The summed E-state index contributed by atoms with van der Waals surface area (Å²) < 4.78 is 6.47. The van der Waals surface area contributed by atoms with Crippen molar-refractivity contribution in [2.24, 2.45) is 0 Å². The maximum atomic E-state index is 12.6. The summed E-state index contributed by atoms with van der Waals surface area (Å²) in [5.41, 5.74) is 7.98. The molecule has 1 heterocycles. The molecule has 1 aromatic carbocycles. The first-order valence-electron chi connectivity index (χ1n) is 5.92. The van der Waals surface area contributed by atoms with E-state index in [-0.39, 0.29) is 17.3 Å². The van der Waals surface area contributed by atoms with Crippen LogP contribution in [0.1, 0.15) is 38.5 Å². The highest BCUT2D eigenvalue weighted by Crippen LogP contribution is 2.35. The van der Waals surface area contributed by atoms with Crippen LogP contribution in [0.25, 0.3) is 0 Å². The third-order valence-corrected chi connectivity index (χ3v) is 5.27. The Kier molecular flexibility index (Phi) is 3.30. The number of hydrogen-bond donors (Lipinski definition) is 1. The third-order valence-electron chi connectivity index (χ3n) is 3.37. The van der Waals surface area contributed by atoms with Crippen molar-refractivity contribution in [2.45, 2.75) is 12.8 Å². The number of nitrogens with two attached hydrogens (primary N) is 1. The van der Waals surface area contributed by atoms with Crippen LogP contribution in [0.15, 0.2) is 31.8 Å². The number of Topliss-reactive ketones (excluding diaryl/α,β-unsaturated/α-hetero) is 1. The standard InChI is InChI=1S/C14H9Br2NO3/c15-8-5-20-14(12(8)16)13(19)11-7-2-4-10(18)6(7)1-3-9(11)17/h1,3,5H,2,4,17H2. The van der Waals surface area contributed by atoms with Gasteiger partial charge in [-0.2, -0.15) is 0 Å². The Morgan fingerprint density at radius 1 is 1.25 bits per heavy atom. The number of anilines is 1. The average Bonchev–Trinajstić information content (AvgIpc) is 2.94. The fraction of sp³-hybridized carbons (Fsp3) is 0.143. The lowest BCUT2D eigenvalue weighted by Gasteiger charge is -2.09. The Labute approximate surface area is 131 Å². The molecule has 0 saturated heterocycles. The van der Waals surface area contributed by atoms with E-state index in [0.717, 1.165) is 5.56 Å². The van der Waals surface area contributed by atoms with Crippen molar-refractivity contribution in [3.05, 3.63) is 49.8 Å². The molecule has 3 rings (SSSR count). The SMILES string of the molecule is Nc1ccc2c(c1C(=O)c1occ(Br)c1Br)CCC2=O. The summed E-state index contributed by atoms with van der Waals surface area (Å²) in [6.07, 6.45) is 2.39. The van der Waals surface area contributed by atoms with Crippen LogP contribution in [0.3, 0.4) is 0 Å². The minimum absolute atomic E-state index is 0.0498. The molecular weight excluding hydrogens is 390 g/mol. The van der Waals surface area contributed by atoms with Gasteiger partial charge in [-0.1, -0.05) is 0 Å². The first-order valence-corrected chi connectivity index (χ1v) is 7.51. The number of halogens is 2. The van der Waals surface area contributed by atoms with E-state index in [0.29, 0.717) is 38.6 Å². The monoisotopic (exact) mass is 397 g/mol. The van der Waals surface area contributed by atoms with Crippen LogP contribution in [-0.4, -0.2) is 11.6 Å². The molecule has 6 heteroatoms. The summed E-state index contributed by atoms with van der Waals surface area (Å²) in [5, 5.41) is 0. The molecule has 1 aliphatic rings. The molecule has 2 N–H and O–H groups in total. The molecule has 102 valence electrons. The maximum Gasteiger partial charge on any atom is 0.231 e. The fourth-order valence-electron chi connectivity index (χ4n) is 2.42. The molecule has 1 aliphatic carbocycles. The quantitative estimate of drug-likeness (QED) is 0.617. The lowest BCUT2D eigenvalue weighted by atomic mass is 9.97. The zero-order valence-electron chi connectivity index (χ0n) is 10.2. The van der Waals surface area contributed by atoms with Crippen molar-refractivity contribution in [3.63, 3.8) is 0 Å². The molecule has 0 aliphatic heterocycles. The number of ketones is 2. The van der Waals surface area contributed by atoms with Crippen molar-refractivity contribution >= 4 is 49.1 Å². The second-order valence-corrected chi connectivity index (χ2v) is 6.18. The molecule has 0 spiro atoms. The second kappa shape index (κ2) is 4.86. The molecule has 1 aromatic heterocycles. The summed E-state index contributed by atoms with van der Waals surface area (Å²) in [5.74, 6) is -0.0864. The number of fused-ring (bicyclic) bond motifs is 1. The van der Waals surface area contributed by atoms with E-state index in [2.05, 4.69) is 31.9 Å². The number of carbonyl (C=O) groups is 2. The molecule has 20 heavy (non-hydrogen) atoms. The smallest absolute Gasteiger partial charge is 0.231 e. The highest BCUT2D eigenvalue weighted by molar-refractivity contribution is 9.13. The number of nitrogen functional groups attached to an aromatic ring is 1. The van der Waals surface area contributed by atoms with E-state index in [1.54, 1.807) is 12.1 Å². The number of hydrogen-bond acceptors (Lipinski definition) is 4. The van der Waals surface area contributed by atoms with Gasteiger partial charge in [0.1, 0.15) is 6.26 Å². The van der Waals surface area contributed by atoms with Gasteiger partial charge in [0.05, 0.1) is 14.5 Å². The van der Waals surface area contributed by atoms with Crippen LogP contribution in [0.5, 0.6) is 0 Å². The van der Waals surface area contributed by atoms with Gasteiger partial charge < -0.3 is 10.2 Å². The second-order valence-electron chi connectivity index (χ2n) is 4.53. The summed E-state index contributed by atoms with van der Waals surface area (Å²) in [4.78, 5) is 24.4. The molecular formula is C14H9Br2NO3. The topological polar surface area (TPSA) is 73.3 Å². The highest BCUT2D eigenvalue weighted by atomic mass is 79.9. The van der Waals surface area contributed by atoms with Crippen molar-refractivity contribution in [3.8, 4) is 0 Å². The Balaban J connectivity index is 2.18. The lowest BCUT2D eigenvalue weighted by Crippen LogP contribution is -2.09. The van der Waals surface area contributed by atoms with E-state index in [9.17, 15) is 9.59 Å². The molecule has 0 bridgehead atoms. The first kappa shape index (κ1) is 13.6. The lowest BCUT2D eigenvalue weighted by molar-refractivity contribution is 0.0992. The Bertz CT molecular complexity index is 749. The molecule has 0 fully saturated rings. The molecule has 0 saturated carbocycles. The highest BCUT2D eigenvalue weighted by Gasteiger charge is 2.29. The van der Waals surface area contributed by atoms with Crippen LogP contribution >= 0.6 is 31.9 Å². The molecule has 0 atom stereocenters. The zero-order chi connectivity index (χ0) is 14.4. The van der Waals surface area contributed by atoms with Crippen LogP contribution in [-0.2, 0) is 6.42 Å². The Hall–Kier alpha value is -1.40. The van der Waals surface area contributed by atoms with E-state index in [1.165, 1.54) is 6.26 Å². The number of benzene rings is 1. The molecule has 4 nitrogen and oxygen atoms in total. The van der Waals surface area contributed by atoms with Gasteiger partial charge in [-0.25, -0.2) is 0 Å². The fourth-order valence-corrected chi connectivity index (χ4v) is 3.06. The van der Waals surface area contributed by atoms with Gasteiger partial charge in [-0.3, -0.25) is 9.59 Å².